The van der Waals surface area contributed by atoms with E-state index < -0.39 is 0 Å². The monoisotopic (exact) mass is 427 g/mol. The highest BCUT2D eigenvalue weighted by Gasteiger charge is 2.17. The maximum Gasteiger partial charge on any atom is 0.264 e. The Kier molecular flexibility index (Phi) is 5.08. The number of fused-ring (bicyclic) bond motifs is 2. The van der Waals surface area contributed by atoms with Crippen LogP contribution in [0, 0.1) is 0 Å². The van der Waals surface area contributed by atoms with Crippen molar-refractivity contribution in [1.29, 1.82) is 0 Å². The molecule has 0 atom stereocenters. The number of carbonyl (C=O) groups is 1. The van der Waals surface area contributed by atoms with Crippen molar-refractivity contribution < 1.29 is 4.79 Å². The highest BCUT2D eigenvalue weighted by Crippen LogP contribution is 2.15. The molecule has 11 heteroatoms. The molecule has 3 heterocycles. The summed E-state index contributed by atoms with van der Waals surface area (Å²) in [5.74, 6) is 0.0247. The molecule has 4 aromatic rings. The number of nitrogens with zero attached hydrogens (tertiary/aromatic N) is 6. The molecule has 0 aliphatic heterocycles. The van der Waals surface area contributed by atoms with Gasteiger partial charge in [0.1, 0.15) is 24.1 Å². The number of amides is 1. The molecule has 0 fully saturated rings. The minimum absolute atomic E-state index is 0.0876. The third-order valence-electron chi connectivity index (χ3n) is 4.82. The quantitative estimate of drug-likeness (QED) is 0.509. The molecule has 0 bridgehead atoms. The molecule has 4 rings (SSSR count). The number of halogens is 1. The van der Waals surface area contributed by atoms with Crippen LogP contribution >= 0.6 is 11.6 Å². The Morgan fingerprint density at radius 2 is 2.07 bits per heavy atom. The highest BCUT2D eigenvalue weighted by atomic mass is 35.5. The maximum atomic E-state index is 12.8. The predicted octanol–water partition coefficient (Wildman–Crippen LogP) is 1.07. The van der Waals surface area contributed by atoms with Crippen molar-refractivity contribution in [2.24, 2.45) is 7.05 Å². The topological polar surface area (TPSA) is 119 Å². The van der Waals surface area contributed by atoms with Crippen molar-refractivity contribution in [2.45, 2.75) is 20.0 Å². The molecule has 1 N–H and O–H groups in total. The van der Waals surface area contributed by atoms with Gasteiger partial charge in [0.05, 0.1) is 23.6 Å². The number of aromatic nitrogens is 6. The van der Waals surface area contributed by atoms with E-state index >= 15 is 0 Å². The number of aryl methyl sites for hydroxylation is 1. The van der Waals surface area contributed by atoms with Gasteiger partial charge in [0.25, 0.3) is 11.1 Å². The molecule has 0 aliphatic rings. The van der Waals surface area contributed by atoms with Crippen LogP contribution in [0.3, 0.4) is 0 Å². The number of aromatic amines is 1. The van der Waals surface area contributed by atoms with Gasteiger partial charge in [-0.1, -0.05) is 11.6 Å². The van der Waals surface area contributed by atoms with Crippen LogP contribution in [-0.2, 0) is 24.9 Å². The SMILES string of the molecule is CCN(Cc1nc2cc(Cl)ccc2c(=O)[nH]1)C(=O)Cn1cnc2c(cnn2C)c1=O. The Labute approximate surface area is 174 Å². The van der Waals surface area contributed by atoms with Gasteiger partial charge in [-0.25, -0.2) is 9.97 Å². The van der Waals surface area contributed by atoms with E-state index in [1.54, 1.807) is 32.2 Å². The number of carbonyl (C=O) groups excluding carboxylic acids is 1. The molecule has 0 spiro atoms. The lowest BCUT2D eigenvalue weighted by atomic mass is 10.2. The standard InChI is InChI=1S/C19H18ClN7O3/c1-3-26(8-15-23-14-6-11(20)4-5-12(14)18(29)24-15)16(28)9-27-10-21-17-13(19(27)30)7-22-25(17)2/h4-7,10H,3,8-9H2,1-2H3,(H,23,24,29). The second kappa shape index (κ2) is 7.71. The fourth-order valence-corrected chi connectivity index (χ4v) is 3.38. The van der Waals surface area contributed by atoms with Gasteiger partial charge in [0, 0.05) is 18.6 Å². The molecule has 0 radical (unpaired) electrons. The van der Waals surface area contributed by atoms with Crippen molar-refractivity contribution >= 4 is 39.4 Å². The summed E-state index contributed by atoms with van der Waals surface area (Å²) in [6.45, 7) is 2.07. The van der Waals surface area contributed by atoms with Crippen molar-refractivity contribution in [1.82, 2.24) is 34.2 Å². The summed E-state index contributed by atoms with van der Waals surface area (Å²) in [5.41, 5.74) is 0.252. The zero-order chi connectivity index (χ0) is 21.4. The van der Waals surface area contributed by atoms with E-state index in [1.807, 2.05) is 0 Å². The maximum absolute atomic E-state index is 12.8. The molecule has 30 heavy (non-hydrogen) atoms. The zero-order valence-electron chi connectivity index (χ0n) is 16.3. The number of likely N-dealkylation sites (N-methyl/N-ethyl adjacent to an activating group) is 1. The molecule has 1 aromatic carbocycles. The molecule has 10 nitrogen and oxygen atoms in total. The number of nitrogens with one attached hydrogen (secondary N) is 1. The van der Waals surface area contributed by atoms with Crippen LogP contribution in [0.25, 0.3) is 21.9 Å². The zero-order valence-corrected chi connectivity index (χ0v) is 17.0. The highest BCUT2D eigenvalue weighted by molar-refractivity contribution is 6.31. The van der Waals surface area contributed by atoms with Gasteiger partial charge in [0.15, 0.2) is 5.65 Å². The average Bonchev–Trinajstić information content (AvgIpc) is 3.09. The lowest BCUT2D eigenvalue weighted by Crippen LogP contribution is -2.37. The number of hydrogen-bond donors (Lipinski definition) is 1. The lowest BCUT2D eigenvalue weighted by Gasteiger charge is -2.20. The van der Waals surface area contributed by atoms with Crippen molar-refractivity contribution in [2.75, 3.05) is 6.54 Å². The third kappa shape index (κ3) is 3.57. The van der Waals surface area contributed by atoms with Gasteiger partial charge in [-0.05, 0) is 25.1 Å². The Morgan fingerprint density at radius 3 is 2.83 bits per heavy atom. The molecule has 3 aromatic heterocycles. The first-order valence-electron chi connectivity index (χ1n) is 9.20. The fourth-order valence-electron chi connectivity index (χ4n) is 3.22. The number of benzene rings is 1. The number of rotatable bonds is 5. The minimum atomic E-state index is -0.343. The van der Waals surface area contributed by atoms with Crippen LogP contribution in [0.15, 0.2) is 40.3 Å². The molecule has 154 valence electrons. The average molecular weight is 428 g/mol. The first kappa shape index (κ1) is 19.8. The molecule has 0 unspecified atom stereocenters. The molecule has 1 amide bonds. The van der Waals surface area contributed by atoms with E-state index in [-0.39, 0.29) is 30.1 Å². The van der Waals surface area contributed by atoms with Crippen LogP contribution in [0.4, 0.5) is 0 Å². The Bertz CT molecular complexity index is 1390. The summed E-state index contributed by atoms with van der Waals surface area (Å²) in [6, 6.07) is 4.82. The van der Waals surface area contributed by atoms with Crippen molar-refractivity contribution in [3.8, 4) is 0 Å². The van der Waals surface area contributed by atoms with Gasteiger partial charge in [-0.2, -0.15) is 5.10 Å². The first-order chi connectivity index (χ1) is 14.4. The number of H-pyrrole nitrogens is 1. The summed E-state index contributed by atoms with van der Waals surface area (Å²) >= 11 is 5.99. The molecule has 0 saturated heterocycles. The Balaban J connectivity index is 1.59. The van der Waals surface area contributed by atoms with Crippen LogP contribution in [0.2, 0.25) is 5.02 Å². The van der Waals surface area contributed by atoms with Gasteiger partial charge in [-0.3, -0.25) is 23.6 Å². The van der Waals surface area contributed by atoms with E-state index in [0.717, 1.165) is 0 Å². The van der Waals surface area contributed by atoms with Gasteiger partial charge < -0.3 is 9.88 Å². The van der Waals surface area contributed by atoms with Gasteiger partial charge in [-0.15, -0.1) is 0 Å². The van der Waals surface area contributed by atoms with Crippen molar-refractivity contribution in [3.05, 3.63) is 62.3 Å². The largest absolute Gasteiger partial charge is 0.334 e. The van der Waals surface area contributed by atoms with Gasteiger partial charge in [0.2, 0.25) is 5.91 Å². The van der Waals surface area contributed by atoms with E-state index in [4.69, 9.17) is 11.6 Å². The molecule has 0 saturated carbocycles. The summed E-state index contributed by atoms with van der Waals surface area (Å²) in [7, 11) is 1.69. The summed E-state index contributed by atoms with van der Waals surface area (Å²) in [4.78, 5) is 50.5. The molecular weight excluding hydrogens is 410 g/mol. The Hall–Kier alpha value is -3.53. The predicted molar refractivity (Wildman–Crippen MR) is 111 cm³/mol. The lowest BCUT2D eigenvalue weighted by molar-refractivity contribution is -0.132. The van der Waals surface area contributed by atoms with Gasteiger partial charge >= 0.3 is 0 Å². The van der Waals surface area contributed by atoms with Crippen LogP contribution in [0.5, 0.6) is 0 Å². The van der Waals surface area contributed by atoms with E-state index in [1.165, 1.54) is 26.7 Å². The number of hydrogen-bond acceptors (Lipinski definition) is 6. The third-order valence-corrected chi connectivity index (χ3v) is 5.05. The summed E-state index contributed by atoms with van der Waals surface area (Å²) < 4.78 is 2.74. The summed E-state index contributed by atoms with van der Waals surface area (Å²) in [6.07, 6.45) is 2.76. The van der Waals surface area contributed by atoms with Crippen molar-refractivity contribution in [3.63, 3.8) is 0 Å². The normalized spacial score (nSPS) is 11.3. The minimum Gasteiger partial charge on any atom is -0.334 e. The van der Waals surface area contributed by atoms with E-state index in [9.17, 15) is 14.4 Å². The van der Waals surface area contributed by atoms with Crippen LogP contribution in [0.1, 0.15) is 12.7 Å². The molecular formula is C19H18ClN7O3. The smallest absolute Gasteiger partial charge is 0.264 e. The second-order valence-electron chi connectivity index (χ2n) is 6.77. The van der Waals surface area contributed by atoms with Crippen LogP contribution in [-0.4, -0.2) is 46.7 Å². The Morgan fingerprint density at radius 1 is 1.27 bits per heavy atom. The first-order valence-corrected chi connectivity index (χ1v) is 9.58. The summed E-state index contributed by atoms with van der Waals surface area (Å²) in [5, 5.41) is 5.24. The fraction of sp³-hybridized carbons (Fsp3) is 0.263. The van der Waals surface area contributed by atoms with E-state index in [0.29, 0.717) is 39.3 Å². The molecule has 0 aliphatic carbocycles. The second-order valence-corrected chi connectivity index (χ2v) is 7.20. The van der Waals surface area contributed by atoms with E-state index in [2.05, 4.69) is 20.1 Å². The van der Waals surface area contributed by atoms with Crippen LogP contribution < -0.4 is 11.1 Å².